The third-order valence-corrected chi connectivity index (χ3v) is 2.52. The lowest BCUT2D eigenvalue weighted by atomic mass is 10.0. The summed E-state index contributed by atoms with van der Waals surface area (Å²) >= 11 is 3.03. The number of hydrogen-bond acceptors (Lipinski definition) is 5. The van der Waals surface area contributed by atoms with Crippen LogP contribution in [0.1, 0.15) is 13.8 Å². The maximum absolute atomic E-state index is 10.1. The Morgan fingerprint density at radius 3 is 2.56 bits per heavy atom. The fourth-order valence-corrected chi connectivity index (χ4v) is 1.50. The van der Waals surface area contributed by atoms with Crippen molar-refractivity contribution in [2.75, 3.05) is 13.6 Å². The molecule has 0 aliphatic rings. The van der Waals surface area contributed by atoms with Crippen LogP contribution < -0.4 is 11.1 Å². The van der Waals surface area contributed by atoms with Crippen LogP contribution in [-0.4, -0.2) is 35.6 Å². The Bertz CT molecular complexity index is 361. The number of hydrogen-bond donors (Lipinski definition) is 4. The first kappa shape index (κ1) is 16.9. The second-order valence-electron chi connectivity index (χ2n) is 4.16. The van der Waals surface area contributed by atoms with Gasteiger partial charge in [-0.25, -0.2) is 0 Å². The van der Waals surface area contributed by atoms with E-state index < -0.39 is 6.10 Å². The number of nitrogens with zero attached hydrogens (tertiary/aromatic N) is 1. The third kappa shape index (κ3) is 5.97. The molecule has 0 aromatic carbocycles. The van der Waals surface area contributed by atoms with E-state index >= 15 is 0 Å². The van der Waals surface area contributed by atoms with E-state index in [0.29, 0.717) is 23.6 Å². The van der Waals surface area contributed by atoms with Crippen molar-refractivity contribution in [3.8, 4) is 0 Å². The quantitative estimate of drug-likeness (QED) is 0.535. The van der Waals surface area contributed by atoms with E-state index in [1.165, 1.54) is 6.20 Å². The first-order valence-electron chi connectivity index (χ1n) is 5.65. The molecule has 0 aromatic heterocycles. The number of aliphatic imine (C=N–C) groups is 1. The van der Waals surface area contributed by atoms with E-state index in [4.69, 9.17) is 11.1 Å². The van der Waals surface area contributed by atoms with Gasteiger partial charge in [-0.3, -0.25) is 10.4 Å². The molecule has 18 heavy (non-hydrogen) atoms. The molecule has 102 valence electrons. The third-order valence-electron chi connectivity index (χ3n) is 2.07. The highest BCUT2D eigenvalue weighted by Crippen LogP contribution is 2.14. The van der Waals surface area contributed by atoms with Crippen LogP contribution in [0.4, 0.5) is 0 Å². The average molecular weight is 317 g/mol. The van der Waals surface area contributed by atoms with Crippen LogP contribution in [-0.2, 0) is 0 Å². The van der Waals surface area contributed by atoms with Gasteiger partial charge in [0.05, 0.1) is 0 Å². The molecule has 1 atom stereocenters. The maximum Gasteiger partial charge on any atom is 0.111 e. The SMILES string of the molecule is CN/C=C(\C(=N)Br)C(O)C(C=NCC(C)C)=CN. The van der Waals surface area contributed by atoms with Crippen molar-refractivity contribution in [2.24, 2.45) is 16.6 Å². The predicted octanol–water partition coefficient (Wildman–Crippen LogP) is 1.39. The highest BCUT2D eigenvalue weighted by atomic mass is 79.9. The lowest BCUT2D eigenvalue weighted by Crippen LogP contribution is -2.21. The van der Waals surface area contributed by atoms with Crippen LogP contribution in [0.15, 0.2) is 28.5 Å². The molecule has 5 N–H and O–H groups in total. The van der Waals surface area contributed by atoms with Gasteiger partial charge >= 0.3 is 0 Å². The molecule has 5 nitrogen and oxygen atoms in total. The van der Waals surface area contributed by atoms with Crippen LogP contribution in [0.2, 0.25) is 0 Å². The zero-order valence-corrected chi connectivity index (χ0v) is 12.5. The highest BCUT2D eigenvalue weighted by Gasteiger charge is 2.17. The van der Waals surface area contributed by atoms with Crippen LogP contribution in [0.3, 0.4) is 0 Å². The highest BCUT2D eigenvalue weighted by molar-refractivity contribution is 9.18. The topological polar surface area (TPSA) is 94.5 Å². The van der Waals surface area contributed by atoms with Gasteiger partial charge in [-0.05, 0) is 21.8 Å². The summed E-state index contributed by atoms with van der Waals surface area (Å²) < 4.78 is 0.0981. The summed E-state index contributed by atoms with van der Waals surface area (Å²) in [6, 6.07) is 0. The predicted molar refractivity (Wildman–Crippen MR) is 80.3 cm³/mol. The van der Waals surface area contributed by atoms with E-state index in [-0.39, 0.29) is 4.62 Å². The minimum absolute atomic E-state index is 0.0981. The Morgan fingerprint density at radius 1 is 1.56 bits per heavy atom. The van der Waals surface area contributed by atoms with E-state index in [9.17, 15) is 5.11 Å². The van der Waals surface area contributed by atoms with E-state index in [1.54, 1.807) is 19.5 Å². The minimum atomic E-state index is -0.981. The van der Waals surface area contributed by atoms with Gasteiger partial charge in [-0.1, -0.05) is 13.8 Å². The molecule has 0 radical (unpaired) electrons. The molecule has 6 heteroatoms. The normalized spacial score (nSPS) is 15.2. The molecule has 0 aromatic rings. The number of rotatable bonds is 7. The summed E-state index contributed by atoms with van der Waals surface area (Å²) in [5, 5.41) is 20.4. The molecule has 0 bridgehead atoms. The summed E-state index contributed by atoms with van der Waals surface area (Å²) in [6.45, 7) is 4.78. The van der Waals surface area contributed by atoms with Gasteiger partial charge in [-0.15, -0.1) is 0 Å². The Balaban J connectivity index is 4.91. The Morgan fingerprint density at radius 2 is 2.17 bits per heavy atom. The second-order valence-corrected chi connectivity index (χ2v) is 4.95. The molecule has 1 unspecified atom stereocenters. The summed E-state index contributed by atoms with van der Waals surface area (Å²) in [5.74, 6) is 0.444. The van der Waals surface area contributed by atoms with Crippen LogP contribution in [0.5, 0.6) is 0 Å². The monoisotopic (exact) mass is 316 g/mol. The van der Waals surface area contributed by atoms with Crippen molar-refractivity contribution in [2.45, 2.75) is 20.0 Å². The fourth-order valence-electron chi connectivity index (χ4n) is 1.17. The lowest BCUT2D eigenvalue weighted by molar-refractivity contribution is 0.259. The zero-order valence-electron chi connectivity index (χ0n) is 10.9. The van der Waals surface area contributed by atoms with Gasteiger partial charge in [0.2, 0.25) is 0 Å². The van der Waals surface area contributed by atoms with Gasteiger partial charge in [0.1, 0.15) is 10.7 Å². The standard InChI is InChI=1S/C12H21BrN4O/c1-8(2)5-17-6-9(4-14)11(18)10(7-16-3)12(13)15/h4,6-8,11,15-16,18H,5,14H2,1-3H3/b9-4?,10-7-,15-12?,17-6?. The maximum atomic E-state index is 10.1. The molecular formula is C12H21BrN4O. The van der Waals surface area contributed by atoms with E-state index in [0.717, 1.165) is 0 Å². The summed E-state index contributed by atoms with van der Waals surface area (Å²) in [7, 11) is 1.70. The Labute approximate surface area is 117 Å². The number of halogens is 1. The summed E-state index contributed by atoms with van der Waals surface area (Å²) in [6.07, 6.45) is 3.41. The molecule has 0 fully saturated rings. The molecule has 0 saturated carbocycles. The molecule has 0 heterocycles. The summed E-state index contributed by atoms with van der Waals surface area (Å²) in [5.41, 5.74) is 6.33. The van der Waals surface area contributed by atoms with Crippen molar-refractivity contribution in [3.63, 3.8) is 0 Å². The molecular weight excluding hydrogens is 296 g/mol. The Kier molecular flexibility index (Phi) is 8.32. The molecule has 0 spiro atoms. The molecule has 0 saturated heterocycles. The molecule has 0 aliphatic carbocycles. The second kappa shape index (κ2) is 8.88. The number of aliphatic hydroxyl groups excluding tert-OH is 1. The zero-order chi connectivity index (χ0) is 14.1. The number of nitrogens with two attached hydrogens (primary N) is 1. The number of aliphatic hydroxyl groups is 1. The van der Waals surface area contributed by atoms with Crippen molar-refractivity contribution in [1.29, 1.82) is 5.41 Å². The van der Waals surface area contributed by atoms with Gasteiger partial charge in [-0.2, -0.15) is 0 Å². The largest absolute Gasteiger partial charge is 0.404 e. The minimum Gasteiger partial charge on any atom is -0.404 e. The van der Waals surface area contributed by atoms with Crippen molar-refractivity contribution < 1.29 is 5.11 Å². The molecule has 0 rings (SSSR count). The first-order chi connectivity index (χ1) is 8.43. The fraction of sp³-hybridized carbons (Fsp3) is 0.500. The van der Waals surface area contributed by atoms with Crippen LogP contribution in [0, 0.1) is 11.3 Å². The van der Waals surface area contributed by atoms with Gasteiger partial charge in [0, 0.05) is 43.4 Å². The first-order valence-corrected chi connectivity index (χ1v) is 6.44. The lowest BCUT2D eigenvalue weighted by Gasteiger charge is -2.14. The van der Waals surface area contributed by atoms with E-state index in [1.807, 2.05) is 0 Å². The van der Waals surface area contributed by atoms with Crippen LogP contribution in [0.25, 0.3) is 0 Å². The van der Waals surface area contributed by atoms with Gasteiger partial charge < -0.3 is 16.2 Å². The van der Waals surface area contributed by atoms with E-state index in [2.05, 4.69) is 40.1 Å². The van der Waals surface area contributed by atoms with Crippen molar-refractivity contribution >= 4 is 26.8 Å². The number of nitrogens with one attached hydrogen (secondary N) is 2. The van der Waals surface area contributed by atoms with Gasteiger partial charge in [0.15, 0.2) is 0 Å². The smallest absolute Gasteiger partial charge is 0.111 e. The van der Waals surface area contributed by atoms with Gasteiger partial charge in [0.25, 0.3) is 0 Å². The van der Waals surface area contributed by atoms with Crippen LogP contribution >= 0.6 is 15.9 Å². The molecule has 0 aliphatic heterocycles. The summed E-state index contributed by atoms with van der Waals surface area (Å²) in [4.78, 5) is 4.20. The van der Waals surface area contributed by atoms with Crippen molar-refractivity contribution in [3.05, 3.63) is 23.5 Å². The molecule has 0 amide bonds. The Hall–Kier alpha value is -1.14. The van der Waals surface area contributed by atoms with Crippen molar-refractivity contribution in [1.82, 2.24) is 5.32 Å². The average Bonchev–Trinajstić information content (AvgIpc) is 2.30.